The van der Waals surface area contributed by atoms with Crippen LogP contribution in [0, 0.1) is 0 Å². The van der Waals surface area contributed by atoms with Gasteiger partial charge in [0.15, 0.2) is 0 Å². The monoisotopic (exact) mass is 328 g/mol. The third-order valence-corrected chi connectivity index (χ3v) is 5.06. The number of hydrogen-bond acceptors (Lipinski definition) is 2. The fraction of sp³-hybridized carbons (Fsp3) is 0.227. The highest BCUT2D eigenvalue weighted by Gasteiger charge is 2.24. The van der Waals surface area contributed by atoms with Gasteiger partial charge in [0.05, 0.1) is 11.0 Å². The molecule has 0 spiro atoms. The molecule has 25 heavy (non-hydrogen) atoms. The van der Waals surface area contributed by atoms with Gasteiger partial charge in [-0.2, -0.15) is 0 Å². The van der Waals surface area contributed by atoms with Gasteiger partial charge in [-0.1, -0.05) is 48.5 Å². The number of rotatable bonds is 3. The van der Waals surface area contributed by atoms with E-state index in [2.05, 4.69) is 71.3 Å². The van der Waals surface area contributed by atoms with Crippen LogP contribution >= 0.6 is 0 Å². The number of imidazole rings is 1. The van der Waals surface area contributed by atoms with E-state index in [0.717, 1.165) is 37.3 Å². The molecule has 3 nitrogen and oxygen atoms in total. The Morgan fingerprint density at radius 2 is 1.80 bits per heavy atom. The molecule has 1 aliphatic rings. The molecule has 1 aliphatic heterocycles. The van der Waals surface area contributed by atoms with Crippen LogP contribution in [0.3, 0.4) is 0 Å². The predicted octanol–water partition coefficient (Wildman–Crippen LogP) is 5.09. The van der Waals surface area contributed by atoms with Crippen molar-refractivity contribution in [2.24, 2.45) is 0 Å². The van der Waals surface area contributed by atoms with E-state index in [1.807, 2.05) is 0 Å². The molecule has 1 atom stereocenters. The maximum absolute atomic E-state index is 5.93. The number of nitrogens with zero attached hydrogens (tertiary/aromatic N) is 2. The fourth-order valence-corrected chi connectivity index (χ4v) is 3.81. The van der Waals surface area contributed by atoms with Gasteiger partial charge in [0.25, 0.3) is 0 Å². The first kappa shape index (κ1) is 14.7. The summed E-state index contributed by atoms with van der Waals surface area (Å²) in [6, 6.07) is 23.6. The topological polar surface area (TPSA) is 27.1 Å². The summed E-state index contributed by atoms with van der Waals surface area (Å²) in [6.07, 6.45) is 2.29. The van der Waals surface area contributed by atoms with Gasteiger partial charge < -0.3 is 9.30 Å². The SMILES string of the molecule is c1ccc2cc(Cn3c(C4CCCO4)nc4ccccc43)ccc2c1. The van der Waals surface area contributed by atoms with E-state index < -0.39 is 0 Å². The first-order valence-corrected chi connectivity index (χ1v) is 8.93. The number of fused-ring (bicyclic) bond motifs is 2. The van der Waals surface area contributed by atoms with Crippen molar-refractivity contribution in [3.63, 3.8) is 0 Å². The lowest BCUT2D eigenvalue weighted by Crippen LogP contribution is -2.09. The molecule has 3 heteroatoms. The van der Waals surface area contributed by atoms with Crippen molar-refractivity contribution < 1.29 is 4.74 Å². The van der Waals surface area contributed by atoms with Gasteiger partial charge in [-0.3, -0.25) is 0 Å². The van der Waals surface area contributed by atoms with Gasteiger partial charge >= 0.3 is 0 Å². The Morgan fingerprint density at radius 3 is 2.68 bits per heavy atom. The maximum Gasteiger partial charge on any atom is 0.139 e. The molecular weight excluding hydrogens is 308 g/mol. The first-order chi connectivity index (χ1) is 12.4. The quantitative estimate of drug-likeness (QED) is 0.524. The smallest absolute Gasteiger partial charge is 0.139 e. The Kier molecular flexibility index (Phi) is 3.53. The summed E-state index contributed by atoms with van der Waals surface area (Å²) in [5, 5.41) is 2.56. The van der Waals surface area contributed by atoms with Crippen molar-refractivity contribution >= 4 is 21.8 Å². The third kappa shape index (κ3) is 2.61. The zero-order valence-corrected chi connectivity index (χ0v) is 14.1. The normalized spacial score (nSPS) is 17.5. The molecule has 0 amide bonds. The standard InChI is InChI=1S/C22H20N2O/c1-2-7-18-14-16(11-12-17(18)6-1)15-24-20-9-4-3-8-19(20)23-22(24)21-10-5-13-25-21/h1-4,6-9,11-12,14,21H,5,10,13,15H2. The molecule has 5 rings (SSSR count). The molecule has 1 fully saturated rings. The molecule has 0 aliphatic carbocycles. The van der Waals surface area contributed by atoms with Crippen LogP contribution < -0.4 is 0 Å². The minimum Gasteiger partial charge on any atom is -0.370 e. The molecule has 0 saturated carbocycles. The largest absolute Gasteiger partial charge is 0.370 e. The molecule has 2 heterocycles. The molecule has 124 valence electrons. The summed E-state index contributed by atoms with van der Waals surface area (Å²) in [6.45, 7) is 1.66. The van der Waals surface area contributed by atoms with Crippen molar-refractivity contribution in [2.75, 3.05) is 6.61 Å². The molecule has 3 aromatic carbocycles. The summed E-state index contributed by atoms with van der Waals surface area (Å²) in [7, 11) is 0. The average Bonchev–Trinajstić information content (AvgIpc) is 3.30. The van der Waals surface area contributed by atoms with Crippen LogP contribution in [0.5, 0.6) is 0 Å². The summed E-state index contributed by atoms with van der Waals surface area (Å²) in [5.41, 5.74) is 3.52. The minimum atomic E-state index is 0.118. The highest BCUT2D eigenvalue weighted by atomic mass is 16.5. The second kappa shape index (κ2) is 6.01. The number of ether oxygens (including phenoxy) is 1. The van der Waals surface area contributed by atoms with Crippen LogP contribution in [0.1, 0.15) is 30.3 Å². The zero-order valence-electron chi connectivity index (χ0n) is 14.1. The van der Waals surface area contributed by atoms with Gasteiger partial charge in [0.2, 0.25) is 0 Å². The van der Waals surface area contributed by atoms with E-state index in [0.29, 0.717) is 0 Å². The summed E-state index contributed by atoms with van der Waals surface area (Å²) < 4.78 is 8.26. The van der Waals surface area contributed by atoms with Crippen molar-refractivity contribution in [2.45, 2.75) is 25.5 Å². The molecular formula is C22H20N2O. The average molecular weight is 328 g/mol. The Labute approximate surface area is 146 Å². The fourth-order valence-electron chi connectivity index (χ4n) is 3.81. The van der Waals surface area contributed by atoms with Crippen molar-refractivity contribution in [1.82, 2.24) is 9.55 Å². The number of para-hydroxylation sites is 2. The summed E-state index contributed by atoms with van der Waals surface area (Å²) in [5.74, 6) is 1.06. The van der Waals surface area contributed by atoms with E-state index in [1.165, 1.54) is 21.9 Å². The van der Waals surface area contributed by atoms with Crippen LogP contribution in [0.15, 0.2) is 66.7 Å². The van der Waals surface area contributed by atoms with Crippen LogP contribution in [0.4, 0.5) is 0 Å². The second-order valence-electron chi connectivity index (χ2n) is 6.73. The van der Waals surface area contributed by atoms with Gasteiger partial charge in [-0.15, -0.1) is 0 Å². The molecule has 0 radical (unpaired) electrons. The Hall–Kier alpha value is -2.65. The molecule has 1 unspecified atom stereocenters. The number of aromatic nitrogens is 2. The van der Waals surface area contributed by atoms with E-state index in [4.69, 9.17) is 9.72 Å². The predicted molar refractivity (Wildman–Crippen MR) is 101 cm³/mol. The Bertz CT molecular complexity index is 1040. The maximum atomic E-state index is 5.93. The Balaban J connectivity index is 1.61. The lowest BCUT2D eigenvalue weighted by Gasteiger charge is -2.14. The van der Waals surface area contributed by atoms with Crippen molar-refractivity contribution in [1.29, 1.82) is 0 Å². The molecule has 0 N–H and O–H groups in total. The molecule has 0 bridgehead atoms. The lowest BCUT2D eigenvalue weighted by molar-refractivity contribution is 0.103. The highest BCUT2D eigenvalue weighted by Crippen LogP contribution is 2.31. The van der Waals surface area contributed by atoms with Gasteiger partial charge in [-0.25, -0.2) is 4.98 Å². The van der Waals surface area contributed by atoms with E-state index >= 15 is 0 Å². The molecule has 1 aromatic heterocycles. The third-order valence-electron chi connectivity index (χ3n) is 5.06. The summed E-state index contributed by atoms with van der Waals surface area (Å²) >= 11 is 0. The highest BCUT2D eigenvalue weighted by molar-refractivity contribution is 5.83. The molecule has 4 aromatic rings. The van der Waals surface area contributed by atoms with Gasteiger partial charge in [0.1, 0.15) is 11.9 Å². The van der Waals surface area contributed by atoms with Crippen LogP contribution in [-0.2, 0) is 11.3 Å². The zero-order chi connectivity index (χ0) is 16.6. The van der Waals surface area contributed by atoms with Crippen LogP contribution in [0.2, 0.25) is 0 Å². The number of hydrogen-bond donors (Lipinski definition) is 0. The Morgan fingerprint density at radius 1 is 0.960 bits per heavy atom. The van der Waals surface area contributed by atoms with Crippen LogP contribution in [-0.4, -0.2) is 16.2 Å². The van der Waals surface area contributed by atoms with E-state index in [9.17, 15) is 0 Å². The van der Waals surface area contributed by atoms with E-state index in [1.54, 1.807) is 0 Å². The minimum absolute atomic E-state index is 0.118. The van der Waals surface area contributed by atoms with Crippen LogP contribution in [0.25, 0.3) is 21.8 Å². The van der Waals surface area contributed by atoms with E-state index in [-0.39, 0.29) is 6.10 Å². The van der Waals surface area contributed by atoms with Gasteiger partial charge in [0, 0.05) is 13.2 Å². The molecule has 1 saturated heterocycles. The summed E-state index contributed by atoms with van der Waals surface area (Å²) in [4.78, 5) is 4.89. The van der Waals surface area contributed by atoms with Gasteiger partial charge in [-0.05, 0) is 47.4 Å². The first-order valence-electron chi connectivity index (χ1n) is 8.93. The van der Waals surface area contributed by atoms with Crippen molar-refractivity contribution in [3.8, 4) is 0 Å². The van der Waals surface area contributed by atoms with Crippen molar-refractivity contribution in [3.05, 3.63) is 78.1 Å². The second-order valence-corrected chi connectivity index (χ2v) is 6.73. The lowest BCUT2D eigenvalue weighted by atomic mass is 10.1. The number of benzene rings is 3.